The Morgan fingerprint density at radius 1 is 1.02 bits per heavy atom. The van der Waals surface area contributed by atoms with E-state index in [2.05, 4.69) is 53.4 Å². The number of carbonyl (C=O) groups excluding carboxylic acids is 3. The number of nitrogens with zero attached hydrogens (tertiary/aromatic N) is 2. The lowest BCUT2D eigenvalue weighted by Gasteiger charge is -2.37. The van der Waals surface area contributed by atoms with Crippen LogP contribution >= 0.6 is 15.9 Å². The fraction of sp³-hybridized carbons (Fsp3) is 0.357. The van der Waals surface area contributed by atoms with Gasteiger partial charge in [0.2, 0.25) is 5.91 Å². The molecule has 1 spiro atoms. The molecule has 2 fully saturated rings. The normalized spacial score (nSPS) is 23.8. The first-order valence-electron chi connectivity index (χ1n) is 18.3. The number of fused-ring (bicyclic) bond motifs is 2. The second-order valence-corrected chi connectivity index (χ2v) is 20.6. The van der Waals surface area contributed by atoms with Crippen LogP contribution in [0.15, 0.2) is 102 Å². The van der Waals surface area contributed by atoms with Crippen molar-refractivity contribution in [2.24, 2.45) is 5.92 Å². The van der Waals surface area contributed by atoms with E-state index in [1.807, 2.05) is 72.8 Å². The van der Waals surface area contributed by atoms with Gasteiger partial charge in [-0.1, -0.05) is 83.6 Å². The largest absolute Gasteiger partial charge is 0.497 e. The Balaban J connectivity index is 1.22. The first-order chi connectivity index (χ1) is 25.5. The summed E-state index contributed by atoms with van der Waals surface area (Å²) < 4.78 is 13.5. The summed E-state index contributed by atoms with van der Waals surface area (Å²) in [5.41, 5.74) is 2.29. The standard InChI is InChI=1S/C42H46BrN3O6Si/c1-27-39(53(3,4)34-19-17-33(51-2)18-20-34)37(24-38(48)45-22-8-11-32(45)26-47)52-42(27)35-23-30(43)14-21-36(35)46(41(42)50)25-28-12-15-31(16-13-28)44-40(49)29-9-6-5-7-10-29/h5-7,9-10,12-21,23,27,32,37,39,47H,8,11,22,24-26H2,1-4H3,(H,44,49)/t27-,32+,37+,39-,42+/m1/s1. The first-order valence-corrected chi connectivity index (χ1v) is 22.1. The number of amides is 3. The number of halogens is 1. The number of aliphatic hydroxyl groups excluding tert-OH is 1. The molecule has 2 saturated heterocycles. The fourth-order valence-electron chi connectivity index (χ4n) is 8.95. The monoisotopic (exact) mass is 795 g/mol. The fourth-order valence-corrected chi connectivity index (χ4v) is 13.3. The third-order valence-electron chi connectivity index (χ3n) is 11.7. The third kappa shape index (κ3) is 6.73. The lowest BCUT2D eigenvalue weighted by atomic mass is 9.82. The molecule has 4 aromatic carbocycles. The van der Waals surface area contributed by atoms with Gasteiger partial charge in [-0.2, -0.15) is 0 Å². The summed E-state index contributed by atoms with van der Waals surface area (Å²) in [6, 6.07) is 30.5. The summed E-state index contributed by atoms with van der Waals surface area (Å²) in [5.74, 6) is 0.123. The van der Waals surface area contributed by atoms with E-state index < -0.39 is 19.8 Å². The van der Waals surface area contributed by atoms with Crippen LogP contribution in [0.1, 0.15) is 47.7 Å². The summed E-state index contributed by atoms with van der Waals surface area (Å²) in [6.07, 6.45) is 1.24. The van der Waals surface area contributed by atoms with Gasteiger partial charge in [-0.3, -0.25) is 14.4 Å². The zero-order chi connectivity index (χ0) is 37.5. The van der Waals surface area contributed by atoms with Crippen LogP contribution in [0, 0.1) is 5.92 Å². The number of methoxy groups -OCH3 is 1. The highest BCUT2D eigenvalue weighted by Crippen LogP contribution is 2.60. The molecule has 53 heavy (non-hydrogen) atoms. The van der Waals surface area contributed by atoms with Crippen LogP contribution in [0.4, 0.5) is 11.4 Å². The van der Waals surface area contributed by atoms with Gasteiger partial charge in [0.1, 0.15) is 5.75 Å². The molecular weight excluding hydrogens is 750 g/mol. The van der Waals surface area contributed by atoms with Crippen molar-refractivity contribution in [3.63, 3.8) is 0 Å². The zero-order valence-electron chi connectivity index (χ0n) is 30.6. The van der Waals surface area contributed by atoms with Crippen LogP contribution in [-0.2, 0) is 26.5 Å². The molecule has 276 valence electrons. The lowest BCUT2D eigenvalue weighted by Crippen LogP contribution is -2.52. The Labute approximate surface area is 320 Å². The van der Waals surface area contributed by atoms with Gasteiger partial charge in [0.15, 0.2) is 5.60 Å². The Hall–Kier alpha value is -4.29. The first kappa shape index (κ1) is 37.0. The van der Waals surface area contributed by atoms with Crippen molar-refractivity contribution in [2.75, 3.05) is 30.5 Å². The summed E-state index contributed by atoms with van der Waals surface area (Å²) >= 11 is 3.68. The van der Waals surface area contributed by atoms with Gasteiger partial charge in [0, 0.05) is 33.7 Å². The molecule has 3 aliphatic rings. The Bertz CT molecular complexity index is 1990. The highest BCUT2D eigenvalue weighted by Gasteiger charge is 2.66. The Morgan fingerprint density at radius 3 is 2.42 bits per heavy atom. The molecule has 4 aromatic rings. The van der Waals surface area contributed by atoms with Gasteiger partial charge < -0.3 is 29.7 Å². The molecular formula is C42H46BrN3O6Si. The maximum atomic E-state index is 15.2. The molecule has 5 atom stereocenters. The van der Waals surface area contributed by atoms with E-state index in [9.17, 15) is 14.7 Å². The summed E-state index contributed by atoms with van der Waals surface area (Å²) in [7, 11) is -0.804. The minimum atomic E-state index is -2.46. The Morgan fingerprint density at radius 2 is 1.74 bits per heavy atom. The summed E-state index contributed by atoms with van der Waals surface area (Å²) in [4.78, 5) is 45.6. The second-order valence-electron chi connectivity index (χ2n) is 15.0. The number of carbonyl (C=O) groups is 3. The molecule has 0 unspecified atom stereocenters. The molecule has 7 rings (SSSR count). The molecule has 11 heteroatoms. The number of anilines is 2. The predicted octanol–water partition coefficient (Wildman–Crippen LogP) is 6.85. The van der Waals surface area contributed by atoms with Crippen molar-refractivity contribution in [1.82, 2.24) is 4.90 Å². The summed E-state index contributed by atoms with van der Waals surface area (Å²) in [6.45, 7) is 7.58. The molecule has 9 nitrogen and oxygen atoms in total. The van der Waals surface area contributed by atoms with Crippen molar-refractivity contribution in [3.05, 3.63) is 118 Å². The van der Waals surface area contributed by atoms with Crippen LogP contribution in [0.3, 0.4) is 0 Å². The molecule has 0 radical (unpaired) electrons. The van der Waals surface area contributed by atoms with Crippen LogP contribution in [-0.4, -0.2) is 68.2 Å². The van der Waals surface area contributed by atoms with Crippen LogP contribution in [0.5, 0.6) is 5.75 Å². The van der Waals surface area contributed by atoms with Crippen LogP contribution in [0.2, 0.25) is 18.6 Å². The topological polar surface area (TPSA) is 108 Å². The average Bonchev–Trinajstić information content (AvgIpc) is 3.83. The number of hydrogen-bond acceptors (Lipinski definition) is 6. The highest BCUT2D eigenvalue weighted by molar-refractivity contribution is 9.10. The van der Waals surface area contributed by atoms with E-state index in [1.54, 1.807) is 29.0 Å². The lowest BCUT2D eigenvalue weighted by molar-refractivity contribution is -0.150. The number of benzene rings is 4. The quantitative estimate of drug-likeness (QED) is 0.170. The van der Waals surface area contributed by atoms with E-state index in [4.69, 9.17) is 9.47 Å². The van der Waals surface area contributed by atoms with Gasteiger partial charge in [-0.15, -0.1) is 0 Å². The minimum absolute atomic E-state index is 0.0449. The van der Waals surface area contributed by atoms with Crippen LogP contribution in [0.25, 0.3) is 0 Å². The highest BCUT2D eigenvalue weighted by atomic mass is 79.9. The molecule has 0 aromatic heterocycles. The average molecular weight is 797 g/mol. The van der Waals surface area contributed by atoms with Crippen LogP contribution < -0.4 is 20.1 Å². The number of ether oxygens (including phenoxy) is 2. The van der Waals surface area contributed by atoms with Crippen molar-refractivity contribution >= 4 is 58.3 Å². The Kier molecular flexibility index (Phi) is 10.4. The summed E-state index contributed by atoms with van der Waals surface area (Å²) in [5, 5.41) is 14.2. The molecule has 2 N–H and O–H groups in total. The molecule has 3 heterocycles. The number of aliphatic hydroxyl groups is 1. The smallest absolute Gasteiger partial charge is 0.264 e. The van der Waals surface area contributed by atoms with E-state index in [-0.39, 0.29) is 48.3 Å². The van der Waals surface area contributed by atoms with E-state index in [0.717, 1.165) is 39.9 Å². The number of hydrogen-bond donors (Lipinski definition) is 2. The molecule has 3 aliphatic heterocycles. The molecule has 0 saturated carbocycles. The van der Waals surface area contributed by atoms with E-state index >= 15 is 4.79 Å². The van der Waals surface area contributed by atoms with E-state index in [0.29, 0.717) is 24.3 Å². The molecule has 0 aliphatic carbocycles. The van der Waals surface area contributed by atoms with Gasteiger partial charge in [-0.25, -0.2) is 0 Å². The number of nitrogens with one attached hydrogen (secondary N) is 1. The molecule has 3 amide bonds. The maximum Gasteiger partial charge on any atom is 0.264 e. The van der Waals surface area contributed by atoms with Crippen molar-refractivity contribution in [3.8, 4) is 5.75 Å². The minimum Gasteiger partial charge on any atom is -0.497 e. The maximum absolute atomic E-state index is 15.2. The van der Waals surface area contributed by atoms with Crippen molar-refractivity contribution in [2.45, 2.75) is 69.1 Å². The SMILES string of the molecule is COc1ccc([Si](C)(C)[C@H]2[C@H](CC(=O)N3CCC[C@H]3CO)O[C@@]3(C(=O)N(Cc4ccc(NC(=O)c5ccccc5)cc4)c4ccc(Br)cc43)[C@@H]2C)cc1. The van der Waals surface area contributed by atoms with Gasteiger partial charge in [-0.05, 0) is 78.5 Å². The third-order valence-corrected chi connectivity index (χ3v) is 16.5. The van der Waals surface area contributed by atoms with Crippen molar-refractivity contribution in [1.29, 1.82) is 0 Å². The predicted molar refractivity (Wildman–Crippen MR) is 212 cm³/mol. The van der Waals surface area contributed by atoms with E-state index in [1.165, 1.54) is 5.19 Å². The van der Waals surface area contributed by atoms with Gasteiger partial charge >= 0.3 is 0 Å². The van der Waals surface area contributed by atoms with Crippen molar-refractivity contribution < 1.29 is 29.0 Å². The zero-order valence-corrected chi connectivity index (χ0v) is 33.1. The number of rotatable bonds is 10. The van der Waals surface area contributed by atoms with Gasteiger partial charge in [0.25, 0.3) is 11.8 Å². The second kappa shape index (κ2) is 14.9. The molecule has 0 bridgehead atoms. The van der Waals surface area contributed by atoms with Gasteiger partial charge in [0.05, 0.1) is 52.6 Å². The number of likely N-dealkylation sites (tertiary alicyclic amines) is 1.